The highest BCUT2D eigenvalue weighted by Crippen LogP contribution is 2.23. The van der Waals surface area contributed by atoms with E-state index in [1.54, 1.807) is 6.92 Å². The Morgan fingerprint density at radius 3 is 2.65 bits per heavy atom. The quantitative estimate of drug-likeness (QED) is 0.437. The molecule has 1 atom stereocenters. The molecule has 0 aliphatic heterocycles. The first-order valence-corrected chi connectivity index (χ1v) is 7.31. The van der Waals surface area contributed by atoms with Crippen molar-refractivity contribution in [1.29, 1.82) is 0 Å². The third-order valence-corrected chi connectivity index (χ3v) is 4.27. The summed E-state index contributed by atoms with van der Waals surface area (Å²) >= 11 is 0. The van der Waals surface area contributed by atoms with Gasteiger partial charge in [-0.05, 0) is 19.4 Å². The molecule has 112 valence electrons. The second-order valence-electron chi connectivity index (χ2n) is 4.28. The Hall–Kier alpha value is -1.71. The van der Waals surface area contributed by atoms with Crippen LogP contribution in [0.25, 0.3) is 0 Å². The van der Waals surface area contributed by atoms with E-state index in [2.05, 4.69) is 4.72 Å². The van der Waals surface area contributed by atoms with Gasteiger partial charge < -0.3 is 10.5 Å². The van der Waals surface area contributed by atoms with Crippen molar-refractivity contribution in [1.82, 2.24) is 4.72 Å². The van der Waals surface area contributed by atoms with Crippen LogP contribution in [0, 0.1) is 10.1 Å². The fraction of sp³-hybridized carbons (Fsp3) is 0.455. The molecule has 0 spiro atoms. The summed E-state index contributed by atoms with van der Waals surface area (Å²) in [5.41, 5.74) is 5.16. The molecule has 20 heavy (non-hydrogen) atoms. The standard InChI is InChI=1S/C11H17N3O5S/c1-8(5-6-19-2)13-20(17,18)11-4-3-9(14(15)16)7-10(11)12/h3-4,7-8,13H,5-6,12H2,1-2H3. The molecule has 0 amide bonds. The molecular formula is C11H17N3O5S. The molecule has 1 aromatic carbocycles. The molecule has 0 fully saturated rings. The highest BCUT2D eigenvalue weighted by molar-refractivity contribution is 7.89. The third kappa shape index (κ3) is 4.15. The fourth-order valence-electron chi connectivity index (χ4n) is 1.58. The Kier molecular flexibility index (Phi) is 5.43. The number of hydrogen-bond donors (Lipinski definition) is 2. The maximum absolute atomic E-state index is 12.1. The number of rotatable bonds is 7. The number of ether oxygens (including phenoxy) is 1. The molecule has 0 radical (unpaired) electrons. The number of sulfonamides is 1. The van der Waals surface area contributed by atoms with Gasteiger partial charge in [0.15, 0.2) is 0 Å². The van der Waals surface area contributed by atoms with Crippen molar-refractivity contribution >= 4 is 21.4 Å². The van der Waals surface area contributed by atoms with Crippen molar-refractivity contribution < 1.29 is 18.1 Å². The number of nitro benzene ring substituents is 1. The van der Waals surface area contributed by atoms with E-state index in [1.807, 2.05) is 0 Å². The minimum absolute atomic E-state index is 0.161. The van der Waals surface area contributed by atoms with Crippen molar-refractivity contribution in [3.63, 3.8) is 0 Å². The number of nitro groups is 1. The molecule has 0 saturated heterocycles. The number of nitrogen functional groups attached to an aromatic ring is 1. The zero-order valence-electron chi connectivity index (χ0n) is 11.2. The average molecular weight is 303 g/mol. The molecule has 0 aliphatic carbocycles. The fourth-order valence-corrected chi connectivity index (χ4v) is 2.97. The Labute approximate surface area is 117 Å². The van der Waals surface area contributed by atoms with Crippen LogP contribution < -0.4 is 10.5 Å². The minimum Gasteiger partial charge on any atom is -0.397 e. The van der Waals surface area contributed by atoms with Gasteiger partial charge in [0.2, 0.25) is 10.0 Å². The second kappa shape index (κ2) is 6.64. The molecule has 3 N–H and O–H groups in total. The summed E-state index contributed by atoms with van der Waals surface area (Å²) in [4.78, 5) is 9.77. The van der Waals surface area contributed by atoms with Crippen LogP contribution in [0.2, 0.25) is 0 Å². The Bertz CT molecular complexity index is 588. The predicted octanol–water partition coefficient (Wildman–Crippen LogP) is 0.880. The number of nitrogens with one attached hydrogen (secondary N) is 1. The van der Waals surface area contributed by atoms with E-state index in [0.717, 1.165) is 18.2 Å². The van der Waals surface area contributed by atoms with E-state index in [1.165, 1.54) is 7.11 Å². The van der Waals surface area contributed by atoms with Gasteiger partial charge in [-0.1, -0.05) is 0 Å². The van der Waals surface area contributed by atoms with Crippen LogP contribution in [0.4, 0.5) is 11.4 Å². The predicted molar refractivity (Wildman–Crippen MR) is 73.8 cm³/mol. The summed E-state index contributed by atoms with van der Waals surface area (Å²) in [6.45, 7) is 2.11. The first-order valence-electron chi connectivity index (χ1n) is 5.83. The van der Waals surface area contributed by atoms with Crippen molar-refractivity contribution in [3.05, 3.63) is 28.3 Å². The monoisotopic (exact) mass is 303 g/mol. The van der Waals surface area contributed by atoms with Crippen molar-refractivity contribution in [3.8, 4) is 0 Å². The molecule has 0 saturated carbocycles. The summed E-state index contributed by atoms with van der Waals surface area (Å²) in [6.07, 6.45) is 0.503. The smallest absolute Gasteiger partial charge is 0.271 e. The summed E-state index contributed by atoms with van der Waals surface area (Å²) in [5, 5.41) is 10.6. The highest BCUT2D eigenvalue weighted by atomic mass is 32.2. The van der Waals surface area contributed by atoms with Gasteiger partial charge in [0.05, 0.1) is 10.6 Å². The van der Waals surface area contributed by atoms with Gasteiger partial charge >= 0.3 is 0 Å². The van der Waals surface area contributed by atoms with Gasteiger partial charge in [0.1, 0.15) is 4.90 Å². The van der Waals surface area contributed by atoms with E-state index < -0.39 is 14.9 Å². The maximum atomic E-state index is 12.1. The van der Waals surface area contributed by atoms with Gasteiger partial charge in [-0.15, -0.1) is 0 Å². The molecule has 1 unspecified atom stereocenters. The van der Waals surface area contributed by atoms with E-state index >= 15 is 0 Å². The molecule has 0 aromatic heterocycles. The lowest BCUT2D eigenvalue weighted by molar-refractivity contribution is -0.384. The number of anilines is 1. The lowest BCUT2D eigenvalue weighted by Crippen LogP contribution is -2.33. The lowest BCUT2D eigenvalue weighted by Gasteiger charge is -2.14. The van der Waals surface area contributed by atoms with Gasteiger partial charge in [-0.3, -0.25) is 10.1 Å². The summed E-state index contributed by atoms with van der Waals surface area (Å²) < 4.78 is 31.5. The van der Waals surface area contributed by atoms with Crippen LogP contribution in [0.15, 0.2) is 23.1 Å². The highest BCUT2D eigenvalue weighted by Gasteiger charge is 2.21. The van der Waals surface area contributed by atoms with E-state index in [4.69, 9.17) is 10.5 Å². The molecule has 0 aliphatic rings. The Morgan fingerprint density at radius 1 is 1.50 bits per heavy atom. The Morgan fingerprint density at radius 2 is 2.15 bits per heavy atom. The lowest BCUT2D eigenvalue weighted by atomic mass is 10.3. The summed E-state index contributed by atoms with van der Waals surface area (Å²) in [5.74, 6) is 0. The molecule has 1 rings (SSSR count). The maximum Gasteiger partial charge on any atom is 0.271 e. The number of benzene rings is 1. The number of nitrogens with zero attached hydrogens (tertiary/aromatic N) is 1. The molecule has 0 heterocycles. The van der Waals surface area contributed by atoms with Crippen molar-refractivity contribution in [2.45, 2.75) is 24.3 Å². The molecule has 0 bridgehead atoms. The number of non-ortho nitro benzene ring substituents is 1. The van der Waals surface area contributed by atoms with Gasteiger partial charge in [0, 0.05) is 31.9 Å². The van der Waals surface area contributed by atoms with Gasteiger partial charge in [-0.2, -0.15) is 0 Å². The van der Waals surface area contributed by atoms with E-state index in [-0.39, 0.29) is 22.3 Å². The first kappa shape index (κ1) is 16.3. The molecule has 1 aromatic rings. The zero-order valence-corrected chi connectivity index (χ0v) is 12.0. The SMILES string of the molecule is COCCC(C)NS(=O)(=O)c1ccc([N+](=O)[O-])cc1N. The zero-order chi connectivity index (χ0) is 15.3. The summed E-state index contributed by atoms with van der Waals surface area (Å²) in [7, 11) is -2.29. The average Bonchev–Trinajstić information content (AvgIpc) is 2.35. The topological polar surface area (TPSA) is 125 Å². The van der Waals surface area contributed by atoms with Crippen LogP contribution in [0.1, 0.15) is 13.3 Å². The van der Waals surface area contributed by atoms with Gasteiger partial charge in [0.25, 0.3) is 5.69 Å². The van der Waals surface area contributed by atoms with E-state index in [0.29, 0.717) is 13.0 Å². The second-order valence-corrected chi connectivity index (χ2v) is 5.97. The minimum atomic E-state index is -3.82. The van der Waals surface area contributed by atoms with Crippen LogP contribution in [-0.2, 0) is 14.8 Å². The van der Waals surface area contributed by atoms with Gasteiger partial charge in [-0.25, -0.2) is 13.1 Å². The first-order chi connectivity index (χ1) is 9.27. The third-order valence-electron chi connectivity index (χ3n) is 2.61. The molecule has 9 heteroatoms. The van der Waals surface area contributed by atoms with E-state index in [9.17, 15) is 18.5 Å². The van der Waals surface area contributed by atoms with Crippen LogP contribution in [-0.4, -0.2) is 33.1 Å². The van der Waals surface area contributed by atoms with Crippen molar-refractivity contribution in [2.24, 2.45) is 0 Å². The number of hydrogen-bond acceptors (Lipinski definition) is 6. The van der Waals surface area contributed by atoms with Crippen LogP contribution in [0.5, 0.6) is 0 Å². The Balaban J connectivity index is 2.95. The normalized spacial score (nSPS) is 13.1. The molecular weight excluding hydrogens is 286 g/mol. The van der Waals surface area contributed by atoms with Crippen molar-refractivity contribution in [2.75, 3.05) is 19.5 Å². The largest absolute Gasteiger partial charge is 0.397 e. The number of nitrogens with two attached hydrogens (primary N) is 1. The van der Waals surface area contributed by atoms with Crippen LogP contribution in [0.3, 0.4) is 0 Å². The molecule has 8 nitrogen and oxygen atoms in total. The number of methoxy groups -OCH3 is 1. The summed E-state index contributed by atoms with van der Waals surface area (Å²) in [6, 6.07) is 2.91. The van der Waals surface area contributed by atoms with Crippen LogP contribution >= 0.6 is 0 Å².